The van der Waals surface area contributed by atoms with Crippen molar-refractivity contribution in [2.24, 2.45) is 0 Å². The number of nitrogens with one attached hydrogen (secondary N) is 2. The highest BCUT2D eigenvalue weighted by molar-refractivity contribution is 5.88. The summed E-state index contributed by atoms with van der Waals surface area (Å²) in [7, 11) is 3.89. The summed E-state index contributed by atoms with van der Waals surface area (Å²) in [5.74, 6) is -0.236. The van der Waals surface area contributed by atoms with Gasteiger partial charge in [0, 0.05) is 24.2 Å². The molecular weight excluding hydrogens is 266 g/mol. The Morgan fingerprint density at radius 2 is 1.67 bits per heavy atom. The van der Waals surface area contributed by atoms with Crippen LogP contribution in [0.3, 0.4) is 0 Å². The van der Waals surface area contributed by atoms with Gasteiger partial charge in [0.05, 0.1) is 0 Å². The zero-order valence-electron chi connectivity index (χ0n) is 14.1. The number of rotatable bonds is 8. The van der Waals surface area contributed by atoms with Crippen molar-refractivity contribution >= 4 is 11.8 Å². The van der Waals surface area contributed by atoms with Gasteiger partial charge in [-0.3, -0.25) is 9.59 Å². The zero-order chi connectivity index (χ0) is 16.5. The monoisotopic (exact) mass is 295 g/mol. The molecule has 2 amide bonds. The molecule has 0 aliphatic heterocycles. The number of amides is 2. The van der Waals surface area contributed by atoms with Crippen molar-refractivity contribution in [3.63, 3.8) is 0 Å². The summed E-state index contributed by atoms with van der Waals surface area (Å²) >= 11 is 0. The lowest BCUT2D eigenvalue weighted by Gasteiger charge is -2.24. The Morgan fingerprint density at radius 3 is 2.19 bits per heavy atom. The van der Waals surface area contributed by atoms with Crippen LogP contribution in [0.2, 0.25) is 0 Å². The Kier molecular flexibility index (Phi) is 8.62. The van der Waals surface area contributed by atoms with Crippen LogP contribution in [0.25, 0.3) is 0 Å². The predicted octanol–water partition coefficient (Wildman–Crippen LogP) is 1.47. The van der Waals surface area contributed by atoms with Gasteiger partial charge in [-0.2, -0.15) is 0 Å². The van der Waals surface area contributed by atoms with E-state index in [0.717, 1.165) is 6.54 Å². The maximum Gasteiger partial charge on any atom is 0.244 e. The van der Waals surface area contributed by atoms with Gasteiger partial charge in [0.1, 0.15) is 0 Å². The van der Waals surface area contributed by atoms with Gasteiger partial charge in [-0.1, -0.05) is 12.2 Å². The second kappa shape index (κ2) is 9.34. The Labute approximate surface area is 128 Å². The second-order valence-corrected chi connectivity index (χ2v) is 6.31. The molecule has 0 aliphatic rings. The van der Waals surface area contributed by atoms with Crippen molar-refractivity contribution in [1.82, 2.24) is 15.5 Å². The molecule has 0 aromatic carbocycles. The number of carbonyl (C=O) groups excluding carboxylic acids is 2. The summed E-state index contributed by atoms with van der Waals surface area (Å²) in [5.41, 5.74) is -0.395. The average molecular weight is 295 g/mol. The van der Waals surface area contributed by atoms with Crippen molar-refractivity contribution in [2.45, 2.75) is 45.7 Å². The summed E-state index contributed by atoms with van der Waals surface area (Å²) < 4.78 is 0. The van der Waals surface area contributed by atoms with Gasteiger partial charge in [0.25, 0.3) is 0 Å². The molecule has 0 radical (unpaired) electrons. The molecule has 120 valence electrons. The van der Waals surface area contributed by atoms with Crippen molar-refractivity contribution in [1.29, 1.82) is 0 Å². The largest absolute Gasteiger partial charge is 0.350 e. The summed E-state index contributed by atoms with van der Waals surface area (Å²) in [6, 6.07) is 0.122. The normalized spacial score (nSPS) is 12.6. The van der Waals surface area contributed by atoms with E-state index < -0.39 is 5.54 Å². The second-order valence-electron chi connectivity index (χ2n) is 6.31. The lowest BCUT2D eigenvalue weighted by atomic mass is 10.0. The smallest absolute Gasteiger partial charge is 0.244 e. The van der Waals surface area contributed by atoms with E-state index >= 15 is 0 Å². The molecule has 0 bridgehead atoms. The minimum atomic E-state index is -0.395. The van der Waals surface area contributed by atoms with E-state index in [2.05, 4.69) is 10.6 Å². The maximum absolute atomic E-state index is 11.8. The van der Waals surface area contributed by atoms with Gasteiger partial charge in [-0.15, -0.1) is 0 Å². The third-order valence-electron chi connectivity index (χ3n) is 2.53. The summed E-state index contributed by atoms with van der Waals surface area (Å²) in [6.45, 7) is 8.40. The highest BCUT2D eigenvalue weighted by Crippen LogP contribution is 2.09. The van der Waals surface area contributed by atoms with Crippen LogP contribution in [0.15, 0.2) is 24.3 Å². The van der Waals surface area contributed by atoms with Crippen molar-refractivity contribution in [2.75, 3.05) is 20.6 Å². The predicted molar refractivity (Wildman–Crippen MR) is 87.0 cm³/mol. The van der Waals surface area contributed by atoms with Crippen LogP contribution >= 0.6 is 0 Å². The van der Waals surface area contributed by atoms with Crippen LogP contribution in [-0.4, -0.2) is 48.9 Å². The maximum atomic E-state index is 11.8. The number of likely N-dealkylation sites (N-methyl/N-ethyl adjacent to an activating group) is 1. The zero-order valence-corrected chi connectivity index (χ0v) is 14.1. The first-order valence-electron chi connectivity index (χ1n) is 7.23. The molecule has 0 aromatic heterocycles. The van der Waals surface area contributed by atoms with E-state index in [4.69, 9.17) is 0 Å². The first kappa shape index (κ1) is 19.4. The fourth-order valence-corrected chi connectivity index (χ4v) is 1.59. The molecule has 0 rings (SSSR count). The molecule has 0 fully saturated rings. The van der Waals surface area contributed by atoms with E-state index in [1.165, 1.54) is 12.2 Å². The Hall–Kier alpha value is -1.62. The summed E-state index contributed by atoms with van der Waals surface area (Å²) in [5, 5.41) is 5.70. The molecule has 0 spiro atoms. The lowest BCUT2D eigenvalue weighted by molar-refractivity contribution is -0.118. The molecule has 0 atom stereocenters. The third-order valence-corrected chi connectivity index (χ3v) is 2.53. The van der Waals surface area contributed by atoms with Crippen LogP contribution in [0.1, 0.15) is 34.1 Å². The van der Waals surface area contributed by atoms with Gasteiger partial charge in [0.15, 0.2) is 0 Å². The molecular formula is C16H29N3O2. The van der Waals surface area contributed by atoms with Crippen LogP contribution < -0.4 is 10.6 Å². The van der Waals surface area contributed by atoms with Crippen LogP contribution in [0, 0.1) is 0 Å². The van der Waals surface area contributed by atoms with Crippen LogP contribution in [0.4, 0.5) is 0 Å². The van der Waals surface area contributed by atoms with E-state index in [1.807, 2.05) is 52.8 Å². The van der Waals surface area contributed by atoms with Crippen molar-refractivity contribution in [3.8, 4) is 0 Å². The van der Waals surface area contributed by atoms with Crippen LogP contribution in [0.5, 0.6) is 0 Å². The summed E-state index contributed by atoms with van der Waals surface area (Å²) in [4.78, 5) is 25.2. The molecule has 2 N–H and O–H groups in total. The highest BCUT2D eigenvalue weighted by Gasteiger charge is 2.17. The fourth-order valence-electron chi connectivity index (χ4n) is 1.59. The molecule has 0 saturated heterocycles. The molecule has 5 nitrogen and oxygen atoms in total. The molecule has 0 saturated carbocycles. The quantitative estimate of drug-likeness (QED) is 0.667. The molecule has 5 heteroatoms. The van der Waals surface area contributed by atoms with Crippen molar-refractivity contribution < 1.29 is 9.59 Å². The van der Waals surface area contributed by atoms with Crippen molar-refractivity contribution in [3.05, 3.63) is 24.3 Å². The molecule has 0 heterocycles. The van der Waals surface area contributed by atoms with E-state index in [9.17, 15) is 9.59 Å². The standard InChI is InChI=1S/C16H29N3O2/c1-13(2)17-14(20)9-7-11-16(3,4)18-15(21)10-8-12-19(5)6/h7-10,13H,11-12H2,1-6H3,(H,17,20)(H,18,21)/b9-7-,10-8+. The SMILES string of the molecule is CC(C)NC(=O)/C=C\CC(C)(C)NC(=O)/C=C/CN(C)C. The summed E-state index contributed by atoms with van der Waals surface area (Å²) in [6.07, 6.45) is 7.23. The molecule has 0 aliphatic carbocycles. The third kappa shape index (κ3) is 11.9. The minimum absolute atomic E-state index is 0.113. The molecule has 0 unspecified atom stereocenters. The van der Waals surface area contributed by atoms with E-state index in [-0.39, 0.29) is 17.9 Å². The van der Waals surface area contributed by atoms with Crippen LogP contribution in [-0.2, 0) is 9.59 Å². The molecule has 21 heavy (non-hydrogen) atoms. The van der Waals surface area contributed by atoms with Gasteiger partial charge in [-0.25, -0.2) is 0 Å². The Bertz CT molecular complexity index is 396. The first-order valence-corrected chi connectivity index (χ1v) is 7.23. The average Bonchev–Trinajstić information content (AvgIpc) is 2.25. The van der Waals surface area contributed by atoms with Gasteiger partial charge in [0.2, 0.25) is 11.8 Å². The van der Waals surface area contributed by atoms with Gasteiger partial charge >= 0.3 is 0 Å². The Balaban J connectivity index is 4.24. The fraction of sp³-hybridized carbons (Fsp3) is 0.625. The topological polar surface area (TPSA) is 61.4 Å². The lowest BCUT2D eigenvalue weighted by Crippen LogP contribution is -2.42. The van der Waals surface area contributed by atoms with E-state index in [0.29, 0.717) is 6.42 Å². The first-order chi connectivity index (χ1) is 9.62. The number of hydrogen-bond donors (Lipinski definition) is 2. The number of hydrogen-bond acceptors (Lipinski definition) is 3. The highest BCUT2D eigenvalue weighted by atomic mass is 16.2. The van der Waals surface area contributed by atoms with E-state index in [1.54, 1.807) is 6.08 Å². The number of nitrogens with zero attached hydrogens (tertiary/aromatic N) is 1. The number of carbonyl (C=O) groups is 2. The van der Waals surface area contributed by atoms with Gasteiger partial charge in [-0.05, 0) is 54.3 Å². The van der Waals surface area contributed by atoms with Gasteiger partial charge < -0.3 is 15.5 Å². The Morgan fingerprint density at radius 1 is 1.10 bits per heavy atom. The molecule has 0 aromatic rings. The minimum Gasteiger partial charge on any atom is -0.350 e.